The van der Waals surface area contributed by atoms with Crippen molar-refractivity contribution in [2.75, 3.05) is 48.9 Å². The maximum absolute atomic E-state index is 13.4. The monoisotopic (exact) mass is 746 g/mol. The molecule has 1 unspecified atom stereocenters. The standard InChI is InChI=1S/C41H62N8O5/c1-7-33-39(51)47(5)34-24-43-41(46-37(34)49(33)29-10-8-9-11-29)45-32-15-13-27(23-36(32)53-6)38(50)44-28-16-19-48(20-17-28)21-18-31(42)40(52)54-35-22-26(4)12-14-30(35)25(2)3/h13,15,23-26,28-31,33,35H,7-12,14,16-22,42H2,1-6H3,(H,44,50)(H,43,45,46)/t26-,30?,31+,33-,35-/m1/s1. The van der Waals surface area contributed by atoms with Gasteiger partial charge in [-0.3, -0.25) is 14.4 Å². The fourth-order valence-corrected chi connectivity index (χ4v) is 9.00. The van der Waals surface area contributed by atoms with Crippen LogP contribution in [0.1, 0.15) is 109 Å². The molecule has 4 N–H and O–H groups in total. The van der Waals surface area contributed by atoms with Gasteiger partial charge >= 0.3 is 5.97 Å². The fraction of sp³-hybridized carbons (Fsp3) is 0.683. The molecule has 54 heavy (non-hydrogen) atoms. The third-order valence-corrected chi connectivity index (χ3v) is 12.3. The molecule has 2 saturated carbocycles. The molecule has 2 aromatic rings. The van der Waals surface area contributed by atoms with Crippen LogP contribution in [0.4, 0.5) is 23.1 Å². The average Bonchev–Trinajstić information content (AvgIpc) is 3.70. The number of likely N-dealkylation sites (tertiary alicyclic amines) is 1. The summed E-state index contributed by atoms with van der Waals surface area (Å²) in [5.74, 6) is 2.74. The zero-order chi connectivity index (χ0) is 38.5. The van der Waals surface area contributed by atoms with E-state index in [-0.39, 0.29) is 42.0 Å². The summed E-state index contributed by atoms with van der Waals surface area (Å²) in [6.07, 6.45) is 12.1. The molecular weight excluding hydrogens is 685 g/mol. The summed E-state index contributed by atoms with van der Waals surface area (Å²) in [5.41, 5.74) is 8.17. The number of carbonyl (C=O) groups excluding carboxylic acids is 3. The number of hydrogen-bond acceptors (Lipinski definition) is 11. The molecule has 2 aliphatic carbocycles. The Bertz CT molecular complexity index is 1620. The SMILES string of the molecule is CC[C@@H]1C(=O)N(C)c2cnc(Nc3ccc(C(=O)NC4CCN(CC[C@H](N)C(=O)O[C@@H]5C[C@H](C)CCC5C(C)C)CC4)cc3OC)nc2N1C1CCCC1. The van der Waals surface area contributed by atoms with E-state index < -0.39 is 6.04 Å². The number of rotatable bonds is 13. The van der Waals surface area contributed by atoms with Crippen LogP contribution in [0.5, 0.6) is 5.75 Å². The van der Waals surface area contributed by atoms with Gasteiger partial charge in [-0.25, -0.2) is 4.98 Å². The normalized spacial score (nSPS) is 24.7. The first-order valence-corrected chi connectivity index (χ1v) is 20.3. The van der Waals surface area contributed by atoms with Gasteiger partial charge in [0.1, 0.15) is 29.6 Å². The Labute approximate surface area is 321 Å². The number of nitrogens with zero attached hydrogens (tertiary/aromatic N) is 5. The molecule has 0 radical (unpaired) electrons. The molecule has 6 rings (SSSR count). The lowest BCUT2D eigenvalue weighted by Crippen LogP contribution is -2.55. The Morgan fingerprint density at radius 1 is 1.07 bits per heavy atom. The quantitative estimate of drug-likeness (QED) is 0.218. The first-order chi connectivity index (χ1) is 26.0. The van der Waals surface area contributed by atoms with Crippen molar-refractivity contribution < 1.29 is 23.9 Å². The summed E-state index contributed by atoms with van der Waals surface area (Å²) in [6.45, 7) is 11.1. The number of fused-ring (bicyclic) bond motifs is 1. The van der Waals surface area contributed by atoms with Crippen molar-refractivity contribution in [2.45, 2.75) is 129 Å². The van der Waals surface area contributed by atoms with Crippen molar-refractivity contribution in [2.24, 2.45) is 23.5 Å². The second-order valence-corrected chi connectivity index (χ2v) is 16.4. The summed E-state index contributed by atoms with van der Waals surface area (Å²) in [4.78, 5) is 55.3. The number of benzene rings is 1. The highest BCUT2D eigenvalue weighted by Gasteiger charge is 2.41. The minimum atomic E-state index is -0.633. The van der Waals surface area contributed by atoms with Crippen LogP contribution in [-0.2, 0) is 14.3 Å². The number of esters is 1. The summed E-state index contributed by atoms with van der Waals surface area (Å²) in [5, 5.41) is 6.50. The summed E-state index contributed by atoms with van der Waals surface area (Å²) in [7, 11) is 3.36. The van der Waals surface area contributed by atoms with Gasteiger partial charge in [0, 0.05) is 44.3 Å². The van der Waals surface area contributed by atoms with E-state index in [0.29, 0.717) is 59.2 Å². The lowest BCUT2D eigenvalue weighted by molar-refractivity contribution is -0.157. The molecule has 13 nitrogen and oxygen atoms in total. The van der Waals surface area contributed by atoms with Gasteiger partial charge < -0.3 is 40.5 Å². The zero-order valence-electron chi connectivity index (χ0n) is 33.2. The zero-order valence-corrected chi connectivity index (χ0v) is 33.2. The van der Waals surface area contributed by atoms with Crippen molar-refractivity contribution in [1.82, 2.24) is 20.2 Å². The van der Waals surface area contributed by atoms with Crippen LogP contribution in [0.25, 0.3) is 0 Å². The van der Waals surface area contributed by atoms with Crippen molar-refractivity contribution in [3.63, 3.8) is 0 Å². The van der Waals surface area contributed by atoms with Crippen molar-refractivity contribution in [1.29, 1.82) is 0 Å². The Morgan fingerprint density at radius 2 is 1.81 bits per heavy atom. The van der Waals surface area contributed by atoms with E-state index in [1.165, 1.54) is 6.42 Å². The van der Waals surface area contributed by atoms with E-state index >= 15 is 0 Å². The van der Waals surface area contributed by atoms with Crippen LogP contribution in [0.2, 0.25) is 0 Å². The van der Waals surface area contributed by atoms with Gasteiger partial charge in [-0.05, 0) is 87.3 Å². The maximum atomic E-state index is 13.4. The highest BCUT2D eigenvalue weighted by molar-refractivity contribution is 6.04. The van der Waals surface area contributed by atoms with Crippen LogP contribution in [0, 0.1) is 17.8 Å². The minimum absolute atomic E-state index is 0.0417. The van der Waals surface area contributed by atoms with E-state index in [0.717, 1.165) is 76.8 Å². The minimum Gasteiger partial charge on any atom is -0.495 e. The Balaban J connectivity index is 1.01. The molecule has 1 saturated heterocycles. The second kappa shape index (κ2) is 17.7. The molecule has 4 aliphatic rings. The van der Waals surface area contributed by atoms with Gasteiger partial charge in [-0.15, -0.1) is 0 Å². The maximum Gasteiger partial charge on any atom is 0.323 e. The first-order valence-electron chi connectivity index (χ1n) is 20.3. The number of nitrogens with one attached hydrogen (secondary N) is 2. The molecule has 1 aromatic heterocycles. The molecule has 296 valence electrons. The number of amides is 2. The molecular formula is C41H62N8O5. The number of carbonyl (C=O) groups is 3. The number of hydrogen-bond donors (Lipinski definition) is 3. The summed E-state index contributed by atoms with van der Waals surface area (Å²) >= 11 is 0. The van der Waals surface area contributed by atoms with E-state index in [4.69, 9.17) is 20.2 Å². The molecule has 13 heteroatoms. The highest BCUT2D eigenvalue weighted by atomic mass is 16.5. The Kier molecular flexibility index (Phi) is 13.0. The number of nitrogens with two attached hydrogens (primary N) is 1. The number of likely N-dealkylation sites (N-methyl/N-ethyl adjacent to an activating group) is 1. The number of ether oxygens (including phenoxy) is 2. The van der Waals surface area contributed by atoms with Crippen LogP contribution in [0.15, 0.2) is 24.4 Å². The molecule has 2 aliphatic heterocycles. The molecule has 3 fully saturated rings. The smallest absolute Gasteiger partial charge is 0.323 e. The van der Waals surface area contributed by atoms with Gasteiger partial charge in [0.15, 0.2) is 5.82 Å². The largest absolute Gasteiger partial charge is 0.495 e. The average molecular weight is 747 g/mol. The third-order valence-electron chi connectivity index (χ3n) is 12.3. The molecule has 1 aromatic carbocycles. The van der Waals surface area contributed by atoms with Gasteiger partial charge in [0.2, 0.25) is 11.9 Å². The van der Waals surface area contributed by atoms with Crippen LogP contribution < -0.4 is 30.9 Å². The Hall–Kier alpha value is -3.97. The number of anilines is 4. The van der Waals surface area contributed by atoms with Crippen LogP contribution in [0.3, 0.4) is 0 Å². The molecule has 0 bridgehead atoms. The van der Waals surface area contributed by atoms with Crippen molar-refractivity contribution in [3.8, 4) is 5.75 Å². The number of methoxy groups -OCH3 is 1. The topological polar surface area (TPSA) is 155 Å². The van der Waals surface area contributed by atoms with Crippen LogP contribution in [-0.4, -0.2) is 96.7 Å². The second-order valence-electron chi connectivity index (χ2n) is 16.4. The van der Waals surface area contributed by atoms with Crippen LogP contribution >= 0.6 is 0 Å². The van der Waals surface area contributed by atoms with Gasteiger partial charge in [-0.2, -0.15) is 4.98 Å². The molecule has 5 atom stereocenters. The van der Waals surface area contributed by atoms with Gasteiger partial charge in [-0.1, -0.05) is 47.0 Å². The summed E-state index contributed by atoms with van der Waals surface area (Å²) < 4.78 is 11.7. The molecule has 3 heterocycles. The predicted molar refractivity (Wildman–Crippen MR) is 211 cm³/mol. The van der Waals surface area contributed by atoms with E-state index in [1.54, 1.807) is 37.4 Å². The van der Waals surface area contributed by atoms with Gasteiger partial charge in [0.25, 0.3) is 5.91 Å². The van der Waals surface area contributed by atoms with E-state index in [9.17, 15) is 14.4 Å². The summed E-state index contributed by atoms with van der Waals surface area (Å²) in [6, 6.07) is 4.74. The first kappa shape index (κ1) is 39.7. The lowest BCUT2D eigenvalue weighted by Gasteiger charge is -2.43. The van der Waals surface area contributed by atoms with E-state index in [1.807, 2.05) is 13.0 Å². The van der Waals surface area contributed by atoms with E-state index in [2.05, 4.69) is 46.2 Å². The predicted octanol–water partition coefficient (Wildman–Crippen LogP) is 5.65. The molecule has 2 amide bonds. The third kappa shape index (κ3) is 8.94. The molecule has 0 spiro atoms. The van der Waals surface area contributed by atoms with Gasteiger partial charge in [0.05, 0.1) is 19.0 Å². The fourth-order valence-electron chi connectivity index (χ4n) is 9.00. The highest BCUT2D eigenvalue weighted by Crippen LogP contribution is 2.41. The number of aromatic nitrogens is 2. The Morgan fingerprint density at radius 3 is 2.50 bits per heavy atom. The van der Waals surface area contributed by atoms with Crippen molar-refractivity contribution in [3.05, 3.63) is 30.0 Å². The van der Waals surface area contributed by atoms with Crippen molar-refractivity contribution >= 4 is 40.9 Å². The lowest BCUT2D eigenvalue weighted by atomic mass is 9.75. The number of piperidine rings is 1.